The van der Waals surface area contributed by atoms with Gasteiger partial charge in [-0.25, -0.2) is 9.97 Å². The quantitative estimate of drug-likeness (QED) is 0.468. The number of carbonyl (C=O) groups excluding carboxylic acids is 1. The summed E-state index contributed by atoms with van der Waals surface area (Å²) in [5.41, 5.74) is 4.34. The number of aryl methyl sites for hydroxylation is 1. The van der Waals surface area contributed by atoms with Crippen LogP contribution in [-0.4, -0.2) is 33.5 Å². The van der Waals surface area contributed by atoms with Crippen LogP contribution in [0.2, 0.25) is 0 Å². The largest absolute Gasteiger partial charge is 0.352 e. The number of aromatic nitrogens is 3. The van der Waals surface area contributed by atoms with Crippen molar-refractivity contribution in [2.45, 2.75) is 32.9 Å². The smallest absolute Gasteiger partial charge is 0.295 e. The molecular weight excluding hydrogens is 438 g/mol. The molecular formula is C28H29N5O2. The number of carbonyl (C=O) groups is 1. The highest BCUT2D eigenvalue weighted by Crippen LogP contribution is 2.22. The van der Waals surface area contributed by atoms with Gasteiger partial charge in [-0.1, -0.05) is 60.2 Å². The minimum atomic E-state index is -0.192. The summed E-state index contributed by atoms with van der Waals surface area (Å²) in [5, 5.41) is 3.07. The van der Waals surface area contributed by atoms with Crippen molar-refractivity contribution in [1.29, 1.82) is 0 Å². The fourth-order valence-electron chi connectivity index (χ4n) is 4.60. The van der Waals surface area contributed by atoms with Gasteiger partial charge in [0.1, 0.15) is 5.52 Å². The highest BCUT2D eigenvalue weighted by molar-refractivity contribution is 5.79. The molecule has 0 aliphatic carbocycles. The number of hydrogen-bond acceptors (Lipinski definition) is 5. The maximum Gasteiger partial charge on any atom is 0.295 e. The molecule has 1 aliphatic heterocycles. The lowest BCUT2D eigenvalue weighted by atomic mass is 9.97. The van der Waals surface area contributed by atoms with Crippen LogP contribution >= 0.6 is 0 Å². The van der Waals surface area contributed by atoms with Crippen molar-refractivity contribution in [3.63, 3.8) is 0 Å². The van der Waals surface area contributed by atoms with E-state index in [2.05, 4.69) is 10.3 Å². The Labute approximate surface area is 204 Å². The third-order valence-corrected chi connectivity index (χ3v) is 6.55. The molecule has 1 N–H and O–H groups in total. The Morgan fingerprint density at radius 2 is 1.83 bits per heavy atom. The van der Waals surface area contributed by atoms with Crippen molar-refractivity contribution in [3.8, 4) is 0 Å². The Morgan fingerprint density at radius 3 is 2.63 bits per heavy atom. The van der Waals surface area contributed by atoms with E-state index >= 15 is 0 Å². The zero-order valence-electron chi connectivity index (χ0n) is 19.9. The van der Waals surface area contributed by atoms with E-state index in [1.165, 1.54) is 5.56 Å². The Balaban J connectivity index is 1.38. The maximum absolute atomic E-state index is 13.6. The van der Waals surface area contributed by atoms with Crippen molar-refractivity contribution in [1.82, 2.24) is 19.9 Å². The molecule has 4 aromatic rings. The Morgan fingerprint density at radius 1 is 1.03 bits per heavy atom. The van der Waals surface area contributed by atoms with Crippen LogP contribution < -0.4 is 15.8 Å². The van der Waals surface area contributed by atoms with E-state index in [0.717, 1.165) is 24.0 Å². The Kier molecular flexibility index (Phi) is 6.57. The Hall–Kier alpha value is -4.00. The third-order valence-electron chi connectivity index (χ3n) is 6.55. The molecule has 1 aliphatic rings. The van der Waals surface area contributed by atoms with Gasteiger partial charge in [0.25, 0.3) is 5.56 Å². The first kappa shape index (κ1) is 22.8. The highest BCUT2D eigenvalue weighted by atomic mass is 16.2. The third kappa shape index (κ3) is 5.09. The van der Waals surface area contributed by atoms with Gasteiger partial charge >= 0.3 is 0 Å². The molecule has 2 aromatic carbocycles. The summed E-state index contributed by atoms with van der Waals surface area (Å²) in [5.74, 6) is 0.211. The summed E-state index contributed by atoms with van der Waals surface area (Å²) in [4.78, 5) is 37.7. The van der Waals surface area contributed by atoms with Crippen LogP contribution in [0.1, 0.15) is 29.5 Å². The second kappa shape index (κ2) is 10.1. The number of amides is 1. The molecule has 0 radical (unpaired) electrons. The topological polar surface area (TPSA) is 80.1 Å². The summed E-state index contributed by atoms with van der Waals surface area (Å²) >= 11 is 0. The van der Waals surface area contributed by atoms with Crippen molar-refractivity contribution < 1.29 is 4.79 Å². The van der Waals surface area contributed by atoms with E-state index < -0.39 is 0 Å². The van der Waals surface area contributed by atoms with Gasteiger partial charge in [0.05, 0.1) is 12.5 Å². The molecule has 2 aromatic heterocycles. The van der Waals surface area contributed by atoms with Crippen molar-refractivity contribution in [3.05, 3.63) is 100.0 Å². The SMILES string of the molecule is Cc1ccc(CNC(=O)[C@@H]2CCCN(c3nc4cccnc4n(Cc4ccccc4)c3=O)C2)cc1. The molecule has 0 bridgehead atoms. The molecule has 178 valence electrons. The molecule has 0 saturated carbocycles. The lowest BCUT2D eigenvalue weighted by molar-refractivity contribution is -0.125. The zero-order chi connectivity index (χ0) is 24.2. The summed E-state index contributed by atoms with van der Waals surface area (Å²) in [7, 11) is 0. The van der Waals surface area contributed by atoms with Crippen molar-refractivity contribution >= 4 is 22.9 Å². The van der Waals surface area contributed by atoms with Gasteiger partial charge in [-0.15, -0.1) is 0 Å². The van der Waals surface area contributed by atoms with Crippen LogP contribution in [0.5, 0.6) is 0 Å². The first-order valence-corrected chi connectivity index (χ1v) is 12.1. The predicted octanol–water partition coefficient (Wildman–Crippen LogP) is 3.68. The molecule has 1 atom stereocenters. The minimum absolute atomic E-state index is 0.0161. The number of rotatable bonds is 6. The van der Waals surface area contributed by atoms with E-state index in [1.807, 2.05) is 78.6 Å². The fraction of sp³-hybridized carbons (Fsp3) is 0.286. The normalized spacial score (nSPS) is 15.8. The summed E-state index contributed by atoms with van der Waals surface area (Å²) < 4.78 is 1.69. The van der Waals surface area contributed by atoms with Gasteiger partial charge in [0.15, 0.2) is 11.5 Å². The van der Waals surface area contributed by atoms with Crippen LogP contribution in [0.25, 0.3) is 11.2 Å². The van der Waals surface area contributed by atoms with E-state index in [-0.39, 0.29) is 17.4 Å². The van der Waals surface area contributed by atoms with E-state index in [0.29, 0.717) is 43.2 Å². The van der Waals surface area contributed by atoms with Crippen molar-refractivity contribution in [2.75, 3.05) is 18.0 Å². The fourth-order valence-corrected chi connectivity index (χ4v) is 4.60. The van der Waals surface area contributed by atoms with Gasteiger partial charge < -0.3 is 10.2 Å². The van der Waals surface area contributed by atoms with Gasteiger partial charge in [-0.05, 0) is 43.0 Å². The number of fused-ring (bicyclic) bond motifs is 1. The molecule has 5 rings (SSSR count). The first-order chi connectivity index (χ1) is 17.1. The van der Waals surface area contributed by atoms with Gasteiger partial charge in [0.2, 0.25) is 5.91 Å². The molecule has 3 heterocycles. The van der Waals surface area contributed by atoms with Gasteiger partial charge in [-0.2, -0.15) is 0 Å². The molecule has 1 amide bonds. The van der Waals surface area contributed by atoms with Crippen molar-refractivity contribution in [2.24, 2.45) is 5.92 Å². The molecule has 1 fully saturated rings. The van der Waals surface area contributed by atoms with E-state index in [1.54, 1.807) is 10.8 Å². The van der Waals surface area contributed by atoms with Crippen LogP contribution in [-0.2, 0) is 17.9 Å². The molecule has 0 unspecified atom stereocenters. The van der Waals surface area contributed by atoms with Crippen LogP contribution in [0.4, 0.5) is 5.82 Å². The number of pyridine rings is 1. The van der Waals surface area contributed by atoms with Crippen LogP contribution in [0.15, 0.2) is 77.7 Å². The molecule has 0 spiro atoms. The van der Waals surface area contributed by atoms with Crippen LogP contribution in [0.3, 0.4) is 0 Å². The number of hydrogen-bond donors (Lipinski definition) is 1. The predicted molar refractivity (Wildman–Crippen MR) is 137 cm³/mol. The van der Waals surface area contributed by atoms with E-state index in [9.17, 15) is 9.59 Å². The van der Waals surface area contributed by atoms with Crippen LogP contribution in [0, 0.1) is 12.8 Å². The molecule has 1 saturated heterocycles. The summed E-state index contributed by atoms with van der Waals surface area (Å²) in [6.07, 6.45) is 3.30. The lowest BCUT2D eigenvalue weighted by Crippen LogP contribution is -2.45. The Bertz CT molecular complexity index is 1380. The number of benzene rings is 2. The molecule has 35 heavy (non-hydrogen) atoms. The number of nitrogens with zero attached hydrogens (tertiary/aromatic N) is 4. The number of anilines is 1. The summed E-state index contributed by atoms with van der Waals surface area (Å²) in [6.45, 7) is 4.13. The van der Waals surface area contributed by atoms with E-state index in [4.69, 9.17) is 4.98 Å². The monoisotopic (exact) mass is 467 g/mol. The average molecular weight is 468 g/mol. The maximum atomic E-state index is 13.6. The molecule has 7 heteroatoms. The number of nitrogens with one attached hydrogen (secondary N) is 1. The zero-order valence-corrected chi connectivity index (χ0v) is 19.9. The molecule has 7 nitrogen and oxygen atoms in total. The standard InChI is InChI=1S/C28H29N5O2/c1-20-11-13-21(14-12-20)17-30-27(34)23-9-6-16-32(19-23)26-28(35)33(18-22-7-3-2-4-8-22)25-24(31-26)10-5-15-29-25/h2-5,7-8,10-15,23H,6,9,16-19H2,1H3,(H,30,34)/t23-/m1/s1. The average Bonchev–Trinajstić information content (AvgIpc) is 2.90. The minimum Gasteiger partial charge on any atom is -0.352 e. The van der Waals surface area contributed by atoms with Gasteiger partial charge in [-0.3, -0.25) is 14.2 Å². The number of piperidine rings is 1. The second-order valence-electron chi connectivity index (χ2n) is 9.15. The van der Waals surface area contributed by atoms with Gasteiger partial charge in [0, 0.05) is 25.8 Å². The second-order valence-corrected chi connectivity index (χ2v) is 9.15. The summed E-state index contributed by atoms with van der Waals surface area (Å²) in [6, 6.07) is 21.7. The lowest BCUT2D eigenvalue weighted by Gasteiger charge is -2.32. The first-order valence-electron chi connectivity index (χ1n) is 12.1. The highest BCUT2D eigenvalue weighted by Gasteiger charge is 2.28.